The van der Waals surface area contributed by atoms with Crippen molar-refractivity contribution in [3.8, 4) is 0 Å². The number of halogens is 1. The zero-order chi connectivity index (χ0) is 19.2. The van der Waals surface area contributed by atoms with E-state index in [1.165, 1.54) is 5.56 Å². The summed E-state index contributed by atoms with van der Waals surface area (Å²) in [4.78, 5) is 26.2. The van der Waals surface area contributed by atoms with E-state index in [0.29, 0.717) is 18.0 Å². The van der Waals surface area contributed by atoms with Gasteiger partial charge in [-0.1, -0.05) is 41.9 Å². The first-order chi connectivity index (χ1) is 13.0. The summed E-state index contributed by atoms with van der Waals surface area (Å²) in [5, 5.41) is 6.50. The van der Waals surface area contributed by atoms with Crippen LogP contribution < -0.4 is 15.5 Å². The van der Waals surface area contributed by atoms with E-state index >= 15 is 0 Å². The Labute approximate surface area is 164 Å². The molecule has 0 spiro atoms. The Morgan fingerprint density at radius 1 is 1.19 bits per heavy atom. The van der Waals surface area contributed by atoms with E-state index in [2.05, 4.69) is 22.8 Å². The molecule has 2 N–H and O–H groups in total. The van der Waals surface area contributed by atoms with Crippen LogP contribution in [0.3, 0.4) is 0 Å². The fraction of sp³-hybridized carbons (Fsp3) is 0.333. The summed E-state index contributed by atoms with van der Waals surface area (Å²) in [5.41, 5.74) is 2.05. The number of hydrogen-bond donors (Lipinski definition) is 2. The number of urea groups is 1. The highest BCUT2D eigenvalue weighted by Crippen LogP contribution is 2.23. The molecule has 1 aliphatic heterocycles. The van der Waals surface area contributed by atoms with E-state index in [0.717, 1.165) is 18.5 Å². The average molecular weight is 386 g/mol. The summed E-state index contributed by atoms with van der Waals surface area (Å²) in [6, 6.07) is 17.0. The van der Waals surface area contributed by atoms with Gasteiger partial charge in [0.25, 0.3) is 0 Å². The maximum absolute atomic E-state index is 12.3. The van der Waals surface area contributed by atoms with Crippen LogP contribution in [0.25, 0.3) is 0 Å². The number of hydrogen-bond acceptors (Lipinski definition) is 2. The van der Waals surface area contributed by atoms with Crippen LogP contribution in [0.5, 0.6) is 0 Å². The molecule has 0 radical (unpaired) electrons. The van der Waals surface area contributed by atoms with Crippen LogP contribution in [0.1, 0.15) is 25.3 Å². The van der Waals surface area contributed by atoms with E-state index in [4.69, 9.17) is 11.6 Å². The number of benzene rings is 2. The lowest BCUT2D eigenvalue weighted by molar-refractivity contribution is -0.117. The molecule has 0 bridgehead atoms. The molecule has 27 heavy (non-hydrogen) atoms. The Kier molecular flexibility index (Phi) is 6.35. The Morgan fingerprint density at radius 3 is 2.59 bits per heavy atom. The topological polar surface area (TPSA) is 61.4 Å². The molecule has 6 heteroatoms. The van der Waals surface area contributed by atoms with Gasteiger partial charge in [-0.25, -0.2) is 4.79 Å². The number of rotatable bonds is 6. The molecular weight excluding hydrogens is 362 g/mol. The van der Waals surface area contributed by atoms with Gasteiger partial charge in [-0.3, -0.25) is 4.79 Å². The van der Waals surface area contributed by atoms with Crippen LogP contribution in [0.2, 0.25) is 5.02 Å². The van der Waals surface area contributed by atoms with Crippen molar-refractivity contribution in [3.63, 3.8) is 0 Å². The van der Waals surface area contributed by atoms with Gasteiger partial charge in [0.1, 0.15) is 0 Å². The molecule has 1 saturated heterocycles. The van der Waals surface area contributed by atoms with E-state index in [9.17, 15) is 9.59 Å². The van der Waals surface area contributed by atoms with Crippen LogP contribution >= 0.6 is 11.6 Å². The lowest BCUT2D eigenvalue weighted by atomic mass is 10.1. The van der Waals surface area contributed by atoms with Crippen LogP contribution in [0.15, 0.2) is 54.6 Å². The molecule has 0 aromatic heterocycles. The first kappa shape index (κ1) is 19.2. The van der Waals surface area contributed by atoms with E-state index in [-0.39, 0.29) is 24.0 Å². The molecule has 1 aliphatic rings. The Hall–Kier alpha value is -2.53. The zero-order valence-corrected chi connectivity index (χ0v) is 16.1. The van der Waals surface area contributed by atoms with Crippen molar-refractivity contribution in [2.45, 2.75) is 38.3 Å². The molecule has 2 aromatic carbocycles. The number of amides is 3. The number of carbonyl (C=O) groups is 2. The van der Waals surface area contributed by atoms with Gasteiger partial charge in [0.2, 0.25) is 5.91 Å². The minimum atomic E-state index is -0.230. The summed E-state index contributed by atoms with van der Waals surface area (Å²) in [7, 11) is 0. The van der Waals surface area contributed by atoms with Gasteiger partial charge in [0.15, 0.2) is 0 Å². The largest absolute Gasteiger partial charge is 0.336 e. The van der Waals surface area contributed by atoms with Crippen molar-refractivity contribution in [2.75, 3.05) is 11.4 Å². The highest BCUT2D eigenvalue weighted by atomic mass is 35.5. The van der Waals surface area contributed by atoms with Crippen molar-refractivity contribution < 1.29 is 9.59 Å². The molecular formula is C21H24ClN3O2. The van der Waals surface area contributed by atoms with Crippen molar-refractivity contribution in [1.82, 2.24) is 10.6 Å². The van der Waals surface area contributed by atoms with E-state index < -0.39 is 0 Å². The summed E-state index contributed by atoms with van der Waals surface area (Å²) < 4.78 is 0. The van der Waals surface area contributed by atoms with Gasteiger partial charge in [-0.05, 0) is 49.6 Å². The van der Waals surface area contributed by atoms with E-state index in [1.807, 2.05) is 37.3 Å². The van der Waals surface area contributed by atoms with Crippen LogP contribution in [-0.2, 0) is 11.2 Å². The van der Waals surface area contributed by atoms with Crippen molar-refractivity contribution in [3.05, 3.63) is 65.2 Å². The standard InChI is InChI=1S/C21H24ClN3O2/c1-15(7-8-16-5-3-2-4-6-16)23-21(27)24-18-13-20(26)25(14-18)19-11-9-17(22)10-12-19/h2-6,9-12,15,18H,7-8,13-14H2,1H3,(H2,23,24,27)/t15-,18+/m0/s1. The second-order valence-electron chi connectivity index (χ2n) is 6.92. The monoisotopic (exact) mass is 385 g/mol. The predicted octanol–water partition coefficient (Wildman–Crippen LogP) is 3.77. The number of anilines is 1. The first-order valence-corrected chi connectivity index (χ1v) is 9.56. The molecule has 0 unspecified atom stereocenters. The van der Waals surface area contributed by atoms with Crippen molar-refractivity contribution in [1.29, 1.82) is 0 Å². The molecule has 1 heterocycles. The SMILES string of the molecule is C[C@@H](CCc1ccccc1)NC(=O)N[C@@H]1CC(=O)N(c2ccc(Cl)cc2)C1. The highest BCUT2D eigenvalue weighted by molar-refractivity contribution is 6.30. The molecule has 0 saturated carbocycles. The van der Waals surface area contributed by atoms with Gasteiger partial charge in [-0.15, -0.1) is 0 Å². The quantitative estimate of drug-likeness (QED) is 0.795. The molecule has 5 nitrogen and oxygen atoms in total. The smallest absolute Gasteiger partial charge is 0.315 e. The minimum Gasteiger partial charge on any atom is -0.336 e. The fourth-order valence-corrected chi connectivity index (χ4v) is 3.35. The summed E-state index contributed by atoms with van der Waals surface area (Å²) >= 11 is 5.90. The van der Waals surface area contributed by atoms with Crippen LogP contribution in [0, 0.1) is 0 Å². The predicted molar refractivity (Wildman–Crippen MR) is 108 cm³/mol. The normalized spacial score (nSPS) is 17.6. The first-order valence-electron chi connectivity index (χ1n) is 9.18. The third kappa shape index (κ3) is 5.47. The van der Waals surface area contributed by atoms with E-state index in [1.54, 1.807) is 17.0 Å². The van der Waals surface area contributed by atoms with Crippen LogP contribution in [-0.4, -0.2) is 30.6 Å². The van der Waals surface area contributed by atoms with Crippen molar-refractivity contribution in [2.24, 2.45) is 0 Å². The fourth-order valence-electron chi connectivity index (χ4n) is 3.23. The Balaban J connectivity index is 1.45. The minimum absolute atomic E-state index is 0.000233. The number of nitrogens with zero attached hydrogens (tertiary/aromatic N) is 1. The lowest BCUT2D eigenvalue weighted by Gasteiger charge is -2.19. The Bertz CT molecular complexity index is 780. The third-order valence-electron chi connectivity index (χ3n) is 4.68. The summed E-state index contributed by atoms with van der Waals surface area (Å²) in [6.45, 7) is 2.45. The summed E-state index contributed by atoms with van der Waals surface area (Å²) in [6.07, 6.45) is 2.07. The van der Waals surface area contributed by atoms with Crippen molar-refractivity contribution >= 4 is 29.2 Å². The van der Waals surface area contributed by atoms with Gasteiger partial charge in [0, 0.05) is 29.7 Å². The maximum Gasteiger partial charge on any atom is 0.315 e. The number of carbonyl (C=O) groups excluding carboxylic acids is 2. The average Bonchev–Trinajstić information content (AvgIpc) is 3.01. The van der Waals surface area contributed by atoms with Gasteiger partial charge >= 0.3 is 6.03 Å². The molecule has 2 aromatic rings. The number of nitrogens with one attached hydrogen (secondary N) is 2. The molecule has 2 atom stereocenters. The molecule has 3 amide bonds. The van der Waals surface area contributed by atoms with Gasteiger partial charge < -0.3 is 15.5 Å². The highest BCUT2D eigenvalue weighted by Gasteiger charge is 2.31. The van der Waals surface area contributed by atoms with Gasteiger partial charge in [0.05, 0.1) is 6.04 Å². The Morgan fingerprint density at radius 2 is 1.89 bits per heavy atom. The molecule has 0 aliphatic carbocycles. The molecule has 1 fully saturated rings. The third-order valence-corrected chi connectivity index (χ3v) is 4.94. The maximum atomic E-state index is 12.3. The zero-order valence-electron chi connectivity index (χ0n) is 15.3. The molecule has 3 rings (SSSR count). The van der Waals surface area contributed by atoms with Crippen LogP contribution in [0.4, 0.5) is 10.5 Å². The second kappa shape index (κ2) is 8.91. The molecule has 142 valence electrons. The second-order valence-corrected chi connectivity index (χ2v) is 7.36. The van der Waals surface area contributed by atoms with Gasteiger partial charge in [-0.2, -0.15) is 0 Å². The lowest BCUT2D eigenvalue weighted by Crippen LogP contribution is -2.46. The number of aryl methyl sites for hydroxylation is 1. The summed E-state index contributed by atoms with van der Waals surface area (Å²) in [5.74, 6) is -0.000233.